The maximum atomic E-state index is 12.8. The molecule has 0 radical (unpaired) electrons. The van der Waals surface area contributed by atoms with Crippen LogP contribution in [0.15, 0.2) is 54.7 Å². The summed E-state index contributed by atoms with van der Waals surface area (Å²) in [7, 11) is 5.85. The molecule has 1 amide bonds. The van der Waals surface area contributed by atoms with Crippen LogP contribution in [-0.2, 0) is 7.05 Å². The van der Waals surface area contributed by atoms with Crippen molar-refractivity contribution in [2.24, 2.45) is 7.05 Å². The fourth-order valence-electron chi connectivity index (χ4n) is 2.91. The van der Waals surface area contributed by atoms with E-state index in [9.17, 15) is 4.79 Å². The number of nitrogens with one attached hydrogen (secondary N) is 1. The van der Waals surface area contributed by atoms with E-state index in [2.05, 4.69) is 15.3 Å². The van der Waals surface area contributed by atoms with E-state index in [4.69, 9.17) is 16.3 Å². The van der Waals surface area contributed by atoms with E-state index in [1.54, 1.807) is 24.0 Å². The first-order valence-electron chi connectivity index (χ1n) is 9.41. The van der Waals surface area contributed by atoms with Crippen molar-refractivity contribution in [1.82, 2.24) is 14.7 Å². The summed E-state index contributed by atoms with van der Waals surface area (Å²) >= 11 is 6.29. The SMILES string of the molecule is CN(C)CCCOc1ccc(NC(=O)c2cn(C)nc2-c2ccccc2Cl)cc1. The Morgan fingerprint density at radius 2 is 1.90 bits per heavy atom. The second kappa shape index (κ2) is 9.58. The molecule has 0 spiro atoms. The molecule has 1 N–H and O–H groups in total. The smallest absolute Gasteiger partial charge is 0.259 e. The highest BCUT2D eigenvalue weighted by molar-refractivity contribution is 6.33. The summed E-state index contributed by atoms with van der Waals surface area (Å²) in [4.78, 5) is 15.0. The Hall–Kier alpha value is -2.83. The molecular formula is C22H25ClN4O2. The number of carbonyl (C=O) groups excluding carboxylic acids is 1. The zero-order chi connectivity index (χ0) is 20.8. The zero-order valence-electron chi connectivity index (χ0n) is 16.9. The number of hydrogen-bond donors (Lipinski definition) is 1. The van der Waals surface area contributed by atoms with Crippen LogP contribution < -0.4 is 10.1 Å². The number of aromatic nitrogens is 2. The molecule has 1 aromatic heterocycles. The fraction of sp³-hybridized carbons (Fsp3) is 0.273. The van der Waals surface area contributed by atoms with Crippen molar-refractivity contribution in [3.63, 3.8) is 0 Å². The van der Waals surface area contributed by atoms with Crippen molar-refractivity contribution < 1.29 is 9.53 Å². The second-order valence-corrected chi connectivity index (χ2v) is 7.44. The van der Waals surface area contributed by atoms with Crippen molar-refractivity contribution in [3.05, 3.63) is 65.3 Å². The normalized spacial score (nSPS) is 10.9. The number of benzene rings is 2. The maximum Gasteiger partial charge on any atom is 0.259 e. The molecule has 0 aliphatic heterocycles. The minimum Gasteiger partial charge on any atom is -0.494 e. The van der Waals surface area contributed by atoms with Gasteiger partial charge in [0, 0.05) is 31.0 Å². The van der Waals surface area contributed by atoms with Crippen molar-refractivity contribution in [1.29, 1.82) is 0 Å². The summed E-state index contributed by atoms with van der Waals surface area (Å²) in [6.45, 7) is 1.63. The average Bonchev–Trinajstić information content (AvgIpc) is 3.08. The highest BCUT2D eigenvalue weighted by Crippen LogP contribution is 2.29. The molecule has 2 aromatic carbocycles. The highest BCUT2D eigenvalue weighted by atomic mass is 35.5. The number of carbonyl (C=O) groups is 1. The average molecular weight is 413 g/mol. The molecule has 152 valence electrons. The molecule has 3 aromatic rings. The third-order valence-corrected chi connectivity index (χ3v) is 4.66. The summed E-state index contributed by atoms with van der Waals surface area (Å²) in [5.41, 5.74) is 2.42. The Morgan fingerprint density at radius 1 is 1.17 bits per heavy atom. The summed E-state index contributed by atoms with van der Waals surface area (Å²) in [5, 5.41) is 7.89. The molecule has 0 fully saturated rings. The Kier molecular flexibility index (Phi) is 6.90. The highest BCUT2D eigenvalue weighted by Gasteiger charge is 2.19. The predicted molar refractivity (Wildman–Crippen MR) is 117 cm³/mol. The molecule has 0 aliphatic carbocycles. The van der Waals surface area contributed by atoms with Crippen LogP contribution in [0.5, 0.6) is 5.75 Å². The minimum atomic E-state index is -0.243. The first-order chi connectivity index (χ1) is 13.9. The first kappa shape index (κ1) is 20.9. The van der Waals surface area contributed by atoms with E-state index in [1.807, 2.05) is 56.6 Å². The van der Waals surface area contributed by atoms with Crippen LogP contribution in [0.25, 0.3) is 11.3 Å². The van der Waals surface area contributed by atoms with Crippen LogP contribution >= 0.6 is 11.6 Å². The Balaban J connectivity index is 1.67. The molecule has 0 saturated carbocycles. The van der Waals surface area contributed by atoms with Gasteiger partial charge in [-0.3, -0.25) is 9.48 Å². The topological polar surface area (TPSA) is 59.4 Å². The van der Waals surface area contributed by atoms with Gasteiger partial charge >= 0.3 is 0 Å². The third-order valence-electron chi connectivity index (χ3n) is 4.33. The number of ether oxygens (including phenoxy) is 1. The third kappa shape index (κ3) is 5.59. The monoisotopic (exact) mass is 412 g/mol. The molecular weight excluding hydrogens is 388 g/mol. The molecule has 29 heavy (non-hydrogen) atoms. The second-order valence-electron chi connectivity index (χ2n) is 7.03. The van der Waals surface area contributed by atoms with Crippen LogP contribution in [0.4, 0.5) is 5.69 Å². The fourth-order valence-corrected chi connectivity index (χ4v) is 3.14. The summed E-state index contributed by atoms with van der Waals surface area (Å²) < 4.78 is 7.34. The molecule has 0 unspecified atom stereocenters. The molecule has 3 rings (SSSR count). The van der Waals surface area contributed by atoms with Gasteiger partial charge in [-0.25, -0.2) is 0 Å². The van der Waals surface area contributed by atoms with Gasteiger partial charge in [-0.15, -0.1) is 0 Å². The Labute approximate surface area is 176 Å². The van der Waals surface area contributed by atoms with E-state index in [0.29, 0.717) is 28.6 Å². The number of nitrogens with zero attached hydrogens (tertiary/aromatic N) is 3. The lowest BCUT2D eigenvalue weighted by Gasteiger charge is -2.11. The van der Waals surface area contributed by atoms with Crippen LogP contribution in [0.3, 0.4) is 0 Å². The van der Waals surface area contributed by atoms with E-state index in [1.165, 1.54) is 0 Å². The molecule has 0 bridgehead atoms. The van der Waals surface area contributed by atoms with Gasteiger partial charge in [-0.2, -0.15) is 5.10 Å². The standard InChI is InChI=1S/C22H25ClN4O2/c1-26(2)13-6-14-29-17-11-9-16(10-12-17)24-22(28)19-15-27(3)25-21(19)18-7-4-5-8-20(18)23/h4-5,7-12,15H,6,13-14H2,1-3H3,(H,24,28). The maximum absolute atomic E-state index is 12.8. The largest absolute Gasteiger partial charge is 0.494 e. The summed E-state index contributed by atoms with van der Waals surface area (Å²) in [5.74, 6) is 0.535. The van der Waals surface area contributed by atoms with E-state index < -0.39 is 0 Å². The number of anilines is 1. The Morgan fingerprint density at radius 3 is 2.59 bits per heavy atom. The summed E-state index contributed by atoms with van der Waals surface area (Å²) in [6.07, 6.45) is 2.65. The van der Waals surface area contributed by atoms with Gasteiger partial charge in [-0.1, -0.05) is 29.8 Å². The zero-order valence-corrected chi connectivity index (χ0v) is 17.6. The quantitative estimate of drug-likeness (QED) is 0.559. The lowest BCUT2D eigenvalue weighted by atomic mass is 10.1. The molecule has 0 atom stereocenters. The van der Waals surface area contributed by atoms with Gasteiger partial charge in [0.2, 0.25) is 0 Å². The molecule has 0 aliphatic rings. The predicted octanol–water partition coefficient (Wildman–Crippen LogP) is 4.32. The summed E-state index contributed by atoms with van der Waals surface area (Å²) in [6, 6.07) is 14.7. The molecule has 6 nitrogen and oxygen atoms in total. The lowest BCUT2D eigenvalue weighted by Crippen LogP contribution is -2.15. The number of halogens is 1. The lowest BCUT2D eigenvalue weighted by molar-refractivity contribution is 0.102. The van der Waals surface area contributed by atoms with Gasteiger partial charge < -0.3 is 15.0 Å². The molecule has 7 heteroatoms. The number of aryl methyl sites for hydroxylation is 1. The van der Waals surface area contributed by atoms with Crippen LogP contribution in [0, 0.1) is 0 Å². The number of rotatable bonds is 8. The van der Waals surface area contributed by atoms with Gasteiger partial charge in [0.05, 0.1) is 17.2 Å². The van der Waals surface area contributed by atoms with E-state index in [-0.39, 0.29) is 5.91 Å². The molecule has 0 saturated heterocycles. The van der Waals surface area contributed by atoms with Crippen LogP contribution in [-0.4, -0.2) is 47.8 Å². The van der Waals surface area contributed by atoms with E-state index >= 15 is 0 Å². The first-order valence-corrected chi connectivity index (χ1v) is 9.79. The number of amides is 1. The van der Waals surface area contributed by atoms with Crippen molar-refractivity contribution >= 4 is 23.2 Å². The number of hydrogen-bond acceptors (Lipinski definition) is 4. The molecule has 1 heterocycles. The van der Waals surface area contributed by atoms with Crippen molar-refractivity contribution in [2.45, 2.75) is 6.42 Å². The van der Waals surface area contributed by atoms with E-state index in [0.717, 1.165) is 24.3 Å². The van der Waals surface area contributed by atoms with Gasteiger partial charge in [0.15, 0.2) is 0 Å². The van der Waals surface area contributed by atoms with Crippen LogP contribution in [0.1, 0.15) is 16.8 Å². The van der Waals surface area contributed by atoms with Gasteiger partial charge in [-0.05, 0) is 50.8 Å². The van der Waals surface area contributed by atoms with Gasteiger partial charge in [0.1, 0.15) is 11.4 Å². The minimum absolute atomic E-state index is 0.243. The van der Waals surface area contributed by atoms with Crippen molar-refractivity contribution in [3.8, 4) is 17.0 Å². The van der Waals surface area contributed by atoms with Crippen LogP contribution in [0.2, 0.25) is 5.02 Å². The Bertz CT molecular complexity index is 967. The van der Waals surface area contributed by atoms with Crippen molar-refractivity contribution in [2.75, 3.05) is 32.6 Å². The van der Waals surface area contributed by atoms with Gasteiger partial charge in [0.25, 0.3) is 5.91 Å².